The number of carbonyl (C=O) groups is 3. The Morgan fingerprint density at radius 2 is 1.36 bits per heavy atom. The zero-order valence-corrected chi connectivity index (χ0v) is 33.6. The summed E-state index contributed by atoms with van der Waals surface area (Å²) in [6, 6.07) is 11.5. The molecule has 2 aliphatic heterocycles. The summed E-state index contributed by atoms with van der Waals surface area (Å²) in [5, 5.41) is 1.29. The van der Waals surface area contributed by atoms with Gasteiger partial charge in [0.25, 0.3) is 5.91 Å². The summed E-state index contributed by atoms with van der Waals surface area (Å²) in [6.45, 7) is 19.5. The molecule has 0 spiro atoms. The molecule has 2 aromatic rings. The van der Waals surface area contributed by atoms with Crippen molar-refractivity contribution in [3.8, 4) is 11.1 Å². The normalized spacial score (nSPS) is 22.2. The van der Waals surface area contributed by atoms with Crippen LogP contribution in [0.2, 0.25) is 28.2 Å². The van der Waals surface area contributed by atoms with E-state index < -0.39 is 13.9 Å². The Labute approximate surface area is 309 Å². The van der Waals surface area contributed by atoms with Crippen LogP contribution in [0, 0.1) is 5.92 Å². The average Bonchev–Trinajstić information content (AvgIpc) is 3.40. The van der Waals surface area contributed by atoms with E-state index >= 15 is 0 Å². The van der Waals surface area contributed by atoms with Crippen LogP contribution < -0.4 is 0 Å². The molecule has 1 atom stereocenters. The van der Waals surface area contributed by atoms with Gasteiger partial charge in [-0.15, -0.1) is 0 Å². The van der Waals surface area contributed by atoms with Crippen LogP contribution in [0.4, 0.5) is 4.79 Å². The maximum absolute atomic E-state index is 13.6. The first-order valence-electron chi connectivity index (χ1n) is 18.2. The molecule has 50 heavy (non-hydrogen) atoms. The molecule has 3 fully saturated rings. The Bertz CT molecular complexity index is 1530. The SMILES string of the molecule is CC(C)(C)OC(=O)N1CCN(C(=O)c2ccc(-c3cc(Cl)c(C[C@@H]4CCN(C5CCC(O[Si](C)(C)C(C)(C)C)CC5)C4=O)c(Cl)c3)cc2)CC1. The Morgan fingerprint density at radius 1 is 0.800 bits per heavy atom. The highest BCUT2D eigenvalue weighted by atomic mass is 35.5. The predicted octanol–water partition coefficient (Wildman–Crippen LogP) is 9.08. The van der Waals surface area contributed by atoms with Crippen molar-refractivity contribution in [2.45, 2.75) is 116 Å². The smallest absolute Gasteiger partial charge is 0.410 e. The van der Waals surface area contributed by atoms with Gasteiger partial charge < -0.3 is 23.9 Å². The number of rotatable bonds is 7. The first-order valence-corrected chi connectivity index (χ1v) is 21.8. The number of carbonyl (C=O) groups excluding carboxylic acids is 3. The van der Waals surface area contributed by atoms with Gasteiger partial charge in [-0.25, -0.2) is 4.79 Å². The van der Waals surface area contributed by atoms with Gasteiger partial charge >= 0.3 is 6.09 Å². The number of ether oxygens (including phenoxy) is 1. The van der Waals surface area contributed by atoms with Crippen LogP contribution in [0.5, 0.6) is 0 Å². The molecule has 3 amide bonds. The largest absolute Gasteiger partial charge is 0.444 e. The summed E-state index contributed by atoms with van der Waals surface area (Å²) >= 11 is 13.7. The van der Waals surface area contributed by atoms with Crippen LogP contribution in [0.15, 0.2) is 36.4 Å². The van der Waals surface area contributed by atoms with Crippen LogP contribution in [0.3, 0.4) is 0 Å². The van der Waals surface area contributed by atoms with Gasteiger partial charge in [-0.3, -0.25) is 9.59 Å². The van der Waals surface area contributed by atoms with E-state index in [2.05, 4.69) is 38.8 Å². The van der Waals surface area contributed by atoms with Crippen LogP contribution in [0.1, 0.15) is 89.6 Å². The third-order valence-electron chi connectivity index (χ3n) is 11.0. The molecular formula is C39H55Cl2N3O5Si. The third-order valence-corrected chi connectivity index (χ3v) is 16.2. The molecule has 8 nitrogen and oxygen atoms in total. The van der Waals surface area contributed by atoms with E-state index in [1.807, 2.05) is 57.2 Å². The maximum atomic E-state index is 13.6. The Kier molecular flexibility index (Phi) is 11.7. The second kappa shape index (κ2) is 15.2. The van der Waals surface area contributed by atoms with Crippen molar-refractivity contribution in [2.75, 3.05) is 32.7 Å². The minimum atomic E-state index is -1.81. The summed E-state index contributed by atoms with van der Waals surface area (Å²) in [5.74, 6) is 0.00411. The predicted molar refractivity (Wildman–Crippen MR) is 203 cm³/mol. The number of amides is 3. The Morgan fingerprint density at radius 3 is 1.90 bits per heavy atom. The molecule has 11 heteroatoms. The van der Waals surface area contributed by atoms with Crippen molar-refractivity contribution in [1.29, 1.82) is 0 Å². The molecule has 2 aromatic carbocycles. The van der Waals surface area contributed by atoms with Crippen molar-refractivity contribution in [1.82, 2.24) is 14.7 Å². The van der Waals surface area contributed by atoms with Gasteiger partial charge in [0.15, 0.2) is 8.32 Å². The topological polar surface area (TPSA) is 79.4 Å². The number of nitrogens with zero attached hydrogens (tertiary/aromatic N) is 3. The van der Waals surface area contributed by atoms with E-state index in [-0.39, 0.29) is 34.9 Å². The lowest BCUT2D eigenvalue weighted by molar-refractivity contribution is -0.133. The molecule has 0 unspecified atom stereocenters. The molecule has 274 valence electrons. The molecule has 5 rings (SSSR count). The van der Waals surface area contributed by atoms with E-state index in [1.165, 1.54) is 0 Å². The van der Waals surface area contributed by atoms with Gasteiger partial charge in [0, 0.05) is 66.4 Å². The fourth-order valence-corrected chi connectivity index (χ4v) is 9.06. The van der Waals surface area contributed by atoms with Crippen molar-refractivity contribution >= 4 is 49.4 Å². The number of piperazine rings is 1. The second-order valence-electron chi connectivity index (χ2n) is 16.8. The van der Waals surface area contributed by atoms with Gasteiger partial charge in [-0.2, -0.15) is 0 Å². The molecule has 1 aliphatic carbocycles. The van der Waals surface area contributed by atoms with Crippen LogP contribution >= 0.6 is 23.2 Å². The Balaban J connectivity index is 1.15. The van der Waals surface area contributed by atoms with E-state index in [0.717, 1.165) is 55.3 Å². The number of benzene rings is 2. The molecule has 2 heterocycles. The molecule has 0 aromatic heterocycles. The monoisotopic (exact) mass is 743 g/mol. The summed E-state index contributed by atoms with van der Waals surface area (Å²) < 4.78 is 12.2. The minimum Gasteiger partial charge on any atom is -0.444 e. The number of hydrogen-bond donors (Lipinski definition) is 0. The van der Waals surface area contributed by atoms with Crippen molar-refractivity contribution < 1.29 is 23.5 Å². The summed E-state index contributed by atoms with van der Waals surface area (Å²) in [5.41, 5.74) is 2.57. The van der Waals surface area contributed by atoms with E-state index in [1.54, 1.807) is 9.80 Å². The van der Waals surface area contributed by atoms with Gasteiger partial charge in [-0.05, 0) is 118 Å². The van der Waals surface area contributed by atoms with Crippen LogP contribution in [-0.2, 0) is 20.4 Å². The number of halogens is 2. The maximum Gasteiger partial charge on any atom is 0.410 e. The lowest BCUT2D eigenvalue weighted by Crippen LogP contribution is -2.51. The second-order valence-corrected chi connectivity index (χ2v) is 22.4. The quantitative estimate of drug-likeness (QED) is 0.265. The zero-order valence-electron chi connectivity index (χ0n) is 31.1. The van der Waals surface area contributed by atoms with Gasteiger partial charge in [0.1, 0.15) is 5.60 Å². The zero-order chi connectivity index (χ0) is 36.6. The van der Waals surface area contributed by atoms with Gasteiger partial charge in [-0.1, -0.05) is 56.1 Å². The molecule has 0 N–H and O–H groups in total. The lowest BCUT2D eigenvalue weighted by Gasteiger charge is -2.42. The van der Waals surface area contributed by atoms with Crippen LogP contribution in [0.25, 0.3) is 11.1 Å². The minimum absolute atomic E-state index is 0.0744. The fraction of sp³-hybridized carbons (Fsp3) is 0.615. The third kappa shape index (κ3) is 9.06. The van der Waals surface area contributed by atoms with Crippen LogP contribution in [-0.4, -0.2) is 91.4 Å². The number of likely N-dealkylation sites (tertiary alicyclic amines) is 1. The van der Waals surface area contributed by atoms with E-state index in [0.29, 0.717) is 54.3 Å². The van der Waals surface area contributed by atoms with Gasteiger partial charge in [0.2, 0.25) is 5.91 Å². The fourth-order valence-electron chi connectivity index (χ4n) is 7.00. The standard InChI is InChI=1S/C39H55Cl2N3O5Si/c1-38(2,3)48-37(47)43-21-19-42(20-22-43)35(45)27-11-9-26(10-12-27)29-24-33(40)32(34(41)25-29)23-28-17-18-44(36(28)46)30-13-15-31(16-14-30)49-50(7,8)39(4,5)6/h9-12,24-25,28,30-31H,13-23H2,1-8H3/t28-,30?,31?/m0/s1. The number of hydrogen-bond acceptors (Lipinski definition) is 5. The van der Waals surface area contributed by atoms with E-state index in [4.69, 9.17) is 32.4 Å². The summed E-state index contributed by atoms with van der Waals surface area (Å²) in [4.78, 5) is 44.8. The Hall–Kier alpha value is -2.59. The molecule has 0 bridgehead atoms. The molecule has 0 radical (unpaired) electrons. The van der Waals surface area contributed by atoms with Crippen molar-refractivity contribution in [2.24, 2.45) is 5.92 Å². The highest BCUT2D eigenvalue weighted by Crippen LogP contribution is 2.41. The first-order chi connectivity index (χ1) is 23.3. The van der Waals surface area contributed by atoms with Crippen molar-refractivity contribution in [3.05, 3.63) is 57.6 Å². The molecular weight excluding hydrogens is 689 g/mol. The average molecular weight is 745 g/mol. The lowest BCUT2D eigenvalue weighted by atomic mass is 9.92. The molecule has 1 saturated carbocycles. The van der Waals surface area contributed by atoms with E-state index in [9.17, 15) is 14.4 Å². The first kappa shape index (κ1) is 38.6. The highest BCUT2D eigenvalue weighted by Gasteiger charge is 2.42. The molecule has 3 aliphatic rings. The summed E-state index contributed by atoms with van der Waals surface area (Å²) in [7, 11) is -1.81. The molecule has 2 saturated heterocycles. The van der Waals surface area contributed by atoms with Gasteiger partial charge in [0.05, 0.1) is 0 Å². The van der Waals surface area contributed by atoms with Crippen molar-refractivity contribution in [3.63, 3.8) is 0 Å². The highest BCUT2D eigenvalue weighted by molar-refractivity contribution is 6.74. The summed E-state index contributed by atoms with van der Waals surface area (Å²) in [6.07, 6.45) is 5.26.